The zero-order valence-corrected chi connectivity index (χ0v) is 14.7. The predicted octanol–water partition coefficient (Wildman–Crippen LogP) is 1.49. The first kappa shape index (κ1) is 16.6. The zero-order valence-electron chi connectivity index (χ0n) is 13.2. The number of fused-ring (bicyclic) bond motifs is 3. The zero-order chi connectivity index (χ0) is 17.6. The van der Waals surface area contributed by atoms with Crippen molar-refractivity contribution in [1.29, 1.82) is 0 Å². The number of benzene rings is 1. The molecular formula is C16H17ClN4O3S. The highest BCUT2D eigenvalue weighted by molar-refractivity contribution is 7.91. The molecular weight excluding hydrogens is 364 g/mol. The van der Waals surface area contributed by atoms with Gasteiger partial charge in [0.2, 0.25) is 0 Å². The summed E-state index contributed by atoms with van der Waals surface area (Å²) in [6.45, 7) is 0.328. The molecule has 0 saturated carbocycles. The molecule has 25 heavy (non-hydrogen) atoms. The Morgan fingerprint density at radius 1 is 1.36 bits per heavy atom. The van der Waals surface area contributed by atoms with Crippen LogP contribution in [0.5, 0.6) is 0 Å². The number of aliphatic hydroxyl groups excluding tert-OH is 1. The number of aromatic nitrogens is 2. The van der Waals surface area contributed by atoms with E-state index in [1.807, 2.05) is 12.1 Å². The minimum absolute atomic E-state index is 0.0899. The van der Waals surface area contributed by atoms with Gasteiger partial charge in [-0.05, 0) is 18.2 Å². The molecule has 1 aromatic carbocycles. The fraction of sp³-hybridized carbons (Fsp3) is 0.312. The first-order valence-electron chi connectivity index (χ1n) is 7.86. The van der Waals surface area contributed by atoms with Crippen LogP contribution >= 0.6 is 11.6 Å². The second kappa shape index (κ2) is 6.14. The Labute approximate surface area is 149 Å². The van der Waals surface area contributed by atoms with Gasteiger partial charge in [-0.25, -0.2) is 8.42 Å². The molecule has 2 unspecified atom stereocenters. The van der Waals surface area contributed by atoms with Crippen LogP contribution in [0.25, 0.3) is 21.8 Å². The molecule has 0 amide bonds. The first-order valence-corrected chi connectivity index (χ1v) is 10.1. The average molecular weight is 381 g/mol. The highest BCUT2D eigenvalue weighted by Crippen LogP contribution is 2.33. The molecule has 2 atom stereocenters. The number of aromatic amines is 1. The van der Waals surface area contributed by atoms with Crippen LogP contribution < -0.4 is 10.6 Å². The molecule has 0 bridgehead atoms. The number of hydrogen-bond donors (Lipinski definition) is 4. The van der Waals surface area contributed by atoms with E-state index in [2.05, 4.69) is 20.6 Å². The monoisotopic (exact) mass is 380 g/mol. The maximum absolute atomic E-state index is 11.8. The Bertz CT molecular complexity index is 1050. The molecule has 1 aliphatic heterocycles. The Kier molecular flexibility index (Phi) is 4.07. The number of nitrogens with zero attached hydrogens (tertiary/aromatic N) is 1. The molecule has 0 radical (unpaired) electrons. The Morgan fingerprint density at radius 2 is 2.20 bits per heavy atom. The van der Waals surface area contributed by atoms with Gasteiger partial charge in [0, 0.05) is 28.5 Å². The molecule has 2 aromatic heterocycles. The number of rotatable bonds is 3. The van der Waals surface area contributed by atoms with Crippen molar-refractivity contribution < 1.29 is 13.5 Å². The SMILES string of the molecule is O=S1(=O)CCNC(C(O)Nc2cc(Cl)cc3c2[nH]c2cnccc23)C1. The van der Waals surface area contributed by atoms with Crippen molar-refractivity contribution >= 4 is 48.9 Å². The maximum atomic E-state index is 11.8. The van der Waals surface area contributed by atoms with Gasteiger partial charge in [-0.1, -0.05) is 11.6 Å². The summed E-state index contributed by atoms with van der Waals surface area (Å²) in [7, 11) is -3.15. The standard InChI is InChI=1S/C16H17ClN4O3S/c17-9-5-11-10-1-2-18-7-13(10)20-15(11)12(6-9)21-16(22)14-8-25(23,24)4-3-19-14/h1-2,5-7,14,16,19-22H,3-4,8H2. The van der Waals surface area contributed by atoms with Crippen molar-refractivity contribution in [3.8, 4) is 0 Å². The molecule has 9 heteroatoms. The van der Waals surface area contributed by atoms with Crippen LogP contribution in [0.3, 0.4) is 0 Å². The van der Waals surface area contributed by atoms with Crippen LogP contribution in [-0.4, -0.2) is 53.8 Å². The van der Waals surface area contributed by atoms with Gasteiger partial charge >= 0.3 is 0 Å². The van der Waals surface area contributed by atoms with Gasteiger partial charge in [0.05, 0.1) is 40.5 Å². The van der Waals surface area contributed by atoms with Crippen molar-refractivity contribution in [1.82, 2.24) is 15.3 Å². The fourth-order valence-corrected chi connectivity index (χ4v) is 4.87. The van der Waals surface area contributed by atoms with Crippen LogP contribution in [-0.2, 0) is 9.84 Å². The van der Waals surface area contributed by atoms with E-state index in [9.17, 15) is 13.5 Å². The van der Waals surface area contributed by atoms with E-state index in [4.69, 9.17) is 11.6 Å². The average Bonchev–Trinajstić information content (AvgIpc) is 2.93. The summed E-state index contributed by atoms with van der Waals surface area (Å²) >= 11 is 6.23. The number of halogens is 1. The van der Waals surface area contributed by atoms with Crippen molar-refractivity contribution in [3.63, 3.8) is 0 Å². The molecule has 1 aliphatic rings. The highest BCUT2D eigenvalue weighted by Gasteiger charge is 2.30. The lowest BCUT2D eigenvalue weighted by molar-refractivity contribution is 0.161. The molecule has 1 saturated heterocycles. The van der Waals surface area contributed by atoms with Crippen LogP contribution in [0.2, 0.25) is 5.02 Å². The highest BCUT2D eigenvalue weighted by atomic mass is 35.5. The fourth-order valence-electron chi connectivity index (χ4n) is 3.21. The molecule has 0 aliphatic carbocycles. The predicted molar refractivity (Wildman–Crippen MR) is 98.7 cm³/mol. The Morgan fingerprint density at radius 3 is 3.00 bits per heavy atom. The lowest BCUT2D eigenvalue weighted by Crippen LogP contribution is -2.53. The molecule has 0 spiro atoms. The normalized spacial score (nSPS) is 21.4. The van der Waals surface area contributed by atoms with E-state index in [0.29, 0.717) is 17.3 Å². The second-order valence-corrected chi connectivity index (χ2v) is 8.85. The maximum Gasteiger partial charge on any atom is 0.153 e. The molecule has 7 nitrogen and oxygen atoms in total. The summed E-state index contributed by atoms with van der Waals surface area (Å²) in [5.41, 5.74) is 2.25. The largest absolute Gasteiger partial charge is 0.372 e. The molecule has 4 N–H and O–H groups in total. The second-order valence-electron chi connectivity index (χ2n) is 6.19. The van der Waals surface area contributed by atoms with E-state index in [1.54, 1.807) is 18.5 Å². The molecule has 4 rings (SSSR count). The van der Waals surface area contributed by atoms with Crippen LogP contribution in [0.4, 0.5) is 5.69 Å². The van der Waals surface area contributed by atoms with Gasteiger partial charge in [0.1, 0.15) is 6.23 Å². The lowest BCUT2D eigenvalue weighted by Gasteiger charge is -2.29. The summed E-state index contributed by atoms with van der Waals surface area (Å²) in [5, 5.41) is 18.9. The van der Waals surface area contributed by atoms with E-state index in [0.717, 1.165) is 21.8 Å². The van der Waals surface area contributed by atoms with Crippen LogP contribution in [0.1, 0.15) is 0 Å². The minimum Gasteiger partial charge on any atom is -0.372 e. The van der Waals surface area contributed by atoms with Gasteiger partial charge in [-0.2, -0.15) is 0 Å². The number of H-pyrrole nitrogens is 1. The summed E-state index contributed by atoms with van der Waals surface area (Å²) in [6, 6.07) is 4.85. The smallest absolute Gasteiger partial charge is 0.153 e. The number of pyridine rings is 1. The summed E-state index contributed by atoms with van der Waals surface area (Å²) in [6.07, 6.45) is 2.36. The van der Waals surface area contributed by atoms with Crippen molar-refractivity contribution in [2.75, 3.05) is 23.4 Å². The number of anilines is 1. The van der Waals surface area contributed by atoms with Crippen LogP contribution in [0, 0.1) is 0 Å². The number of aliphatic hydroxyl groups is 1. The third-order valence-electron chi connectivity index (χ3n) is 4.41. The first-order chi connectivity index (χ1) is 11.9. The van der Waals surface area contributed by atoms with E-state index < -0.39 is 22.1 Å². The van der Waals surface area contributed by atoms with Gasteiger partial charge in [-0.3, -0.25) is 4.98 Å². The van der Waals surface area contributed by atoms with Gasteiger partial charge < -0.3 is 20.7 Å². The lowest BCUT2D eigenvalue weighted by atomic mass is 10.1. The van der Waals surface area contributed by atoms with E-state index in [-0.39, 0.29) is 11.5 Å². The van der Waals surface area contributed by atoms with Crippen molar-refractivity contribution in [2.24, 2.45) is 0 Å². The third kappa shape index (κ3) is 3.18. The molecule has 3 aromatic rings. The number of nitrogens with one attached hydrogen (secondary N) is 3. The summed E-state index contributed by atoms with van der Waals surface area (Å²) < 4.78 is 23.6. The number of hydrogen-bond acceptors (Lipinski definition) is 6. The third-order valence-corrected chi connectivity index (χ3v) is 6.32. The molecule has 132 valence electrons. The molecule has 3 heterocycles. The molecule has 1 fully saturated rings. The van der Waals surface area contributed by atoms with Crippen molar-refractivity contribution in [3.05, 3.63) is 35.6 Å². The Balaban J connectivity index is 1.71. The van der Waals surface area contributed by atoms with E-state index >= 15 is 0 Å². The van der Waals surface area contributed by atoms with E-state index in [1.165, 1.54) is 0 Å². The van der Waals surface area contributed by atoms with Crippen molar-refractivity contribution in [2.45, 2.75) is 12.3 Å². The van der Waals surface area contributed by atoms with Crippen LogP contribution in [0.15, 0.2) is 30.6 Å². The summed E-state index contributed by atoms with van der Waals surface area (Å²) in [4.78, 5) is 7.36. The summed E-state index contributed by atoms with van der Waals surface area (Å²) in [5.74, 6) is -0.0197. The van der Waals surface area contributed by atoms with Gasteiger partial charge in [-0.15, -0.1) is 0 Å². The van der Waals surface area contributed by atoms with Gasteiger partial charge in [0.25, 0.3) is 0 Å². The minimum atomic E-state index is -3.15. The topological polar surface area (TPSA) is 107 Å². The number of sulfone groups is 1. The quantitative estimate of drug-likeness (QED) is 0.513. The Hall–Kier alpha value is -1.87. The van der Waals surface area contributed by atoms with Gasteiger partial charge in [0.15, 0.2) is 9.84 Å².